The number of nitrogens with two attached hydrogens (primary N) is 1. The summed E-state index contributed by atoms with van der Waals surface area (Å²) < 4.78 is 0. The molecule has 0 radical (unpaired) electrons. The topological polar surface area (TPSA) is 78.6 Å². The number of aliphatic hydroxyl groups excluding tert-OH is 1. The van der Waals surface area contributed by atoms with E-state index in [2.05, 4.69) is 34.5 Å². The van der Waals surface area contributed by atoms with Crippen molar-refractivity contribution in [3.8, 4) is 0 Å². The lowest BCUT2D eigenvalue weighted by Gasteiger charge is -2.30. The average molecular weight is 339 g/mol. The molecule has 3 rings (SSSR count). The molecule has 0 aliphatic carbocycles. The number of fused-ring (bicyclic) bond motifs is 1. The summed E-state index contributed by atoms with van der Waals surface area (Å²) in [7, 11) is 0. The summed E-state index contributed by atoms with van der Waals surface area (Å²) >= 11 is 0. The van der Waals surface area contributed by atoms with Crippen LogP contribution < -0.4 is 11.1 Å². The number of nitrogens with one attached hydrogen (secondary N) is 1. The van der Waals surface area contributed by atoms with E-state index in [-0.39, 0.29) is 12.5 Å². The minimum absolute atomic E-state index is 0.182. The van der Waals surface area contributed by atoms with Gasteiger partial charge >= 0.3 is 0 Å². The maximum Gasteiger partial charge on any atom is 0.251 e. The van der Waals surface area contributed by atoms with Gasteiger partial charge < -0.3 is 16.2 Å². The highest BCUT2D eigenvalue weighted by Gasteiger charge is 2.18. The van der Waals surface area contributed by atoms with Gasteiger partial charge in [0.2, 0.25) is 0 Å². The standard InChI is InChI=1S/C20H25N3O2/c21-11-15-4-3-7-17(10-15)20(25)22-12-19(24)14-23-9-8-16-5-1-2-6-18(16)13-23/h1-7,10,19,24H,8-9,11-14,21H2,(H,22,25)/t19-/m0/s1. The number of hydrogen-bond donors (Lipinski definition) is 3. The van der Waals surface area contributed by atoms with Crippen molar-refractivity contribution < 1.29 is 9.90 Å². The Balaban J connectivity index is 1.48. The summed E-state index contributed by atoms with van der Waals surface area (Å²) in [6.07, 6.45) is 0.410. The molecule has 4 N–H and O–H groups in total. The number of rotatable bonds is 6. The van der Waals surface area contributed by atoms with Crippen LogP contribution in [0.25, 0.3) is 0 Å². The van der Waals surface area contributed by atoms with Crippen LogP contribution in [0.3, 0.4) is 0 Å². The lowest BCUT2D eigenvalue weighted by Crippen LogP contribution is -2.42. The van der Waals surface area contributed by atoms with E-state index in [1.165, 1.54) is 11.1 Å². The molecular weight excluding hydrogens is 314 g/mol. The van der Waals surface area contributed by atoms with Gasteiger partial charge in [0.1, 0.15) is 0 Å². The van der Waals surface area contributed by atoms with Crippen molar-refractivity contribution in [2.75, 3.05) is 19.6 Å². The van der Waals surface area contributed by atoms with Crippen LogP contribution in [-0.2, 0) is 19.5 Å². The summed E-state index contributed by atoms with van der Waals surface area (Å²) in [5.74, 6) is -0.182. The molecule has 1 heterocycles. The predicted molar refractivity (Wildman–Crippen MR) is 98.1 cm³/mol. The Morgan fingerprint density at radius 1 is 1.20 bits per heavy atom. The zero-order chi connectivity index (χ0) is 17.6. The van der Waals surface area contributed by atoms with Crippen LogP contribution in [-0.4, -0.2) is 41.7 Å². The van der Waals surface area contributed by atoms with Crippen LogP contribution in [0.5, 0.6) is 0 Å². The quantitative estimate of drug-likeness (QED) is 0.741. The molecule has 0 fully saturated rings. The minimum atomic E-state index is -0.591. The Labute approximate surface area is 148 Å². The summed E-state index contributed by atoms with van der Waals surface area (Å²) in [4.78, 5) is 14.4. The molecule has 5 nitrogen and oxygen atoms in total. The van der Waals surface area contributed by atoms with E-state index >= 15 is 0 Å². The van der Waals surface area contributed by atoms with Crippen LogP contribution >= 0.6 is 0 Å². The van der Waals surface area contributed by atoms with Crippen molar-refractivity contribution in [2.45, 2.75) is 25.6 Å². The third-order valence-electron chi connectivity index (χ3n) is 4.60. The van der Waals surface area contributed by atoms with E-state index in [0.29, 0.717) is 18.7 Å². The van der Waals surface area contributed by atoms with Crippen LogP contribution in [0.2, 0.25) is 0 Å². The fraction of sp³-hybridized carbons (Fsp3) is 0.350. The second-order valence-corrected chi connectivity index (χ2v) is 6.52. The first kappa shape index (κ1) is 17.6. The van der Waals surface area contributed by atoms with Gasteiger partial charge in [0, 0.05) is 38.3 Å². The number of β-amino-alcohol motifs (C(OH)–C–C–N with tert-alkyl or cyclic N) is 1. The predicted octanol–water partition coefficient (Wildman–Crippen LogP) is 1.29. The molecule has 2 aromatic carbocycles. The number of carbonyl (C=O) groups is 1. The summed E-state index contributed by atoms with van der Waals surface area (Å²) in [5.41, 5.74) is 9.80. The molecule has 1 aliphatic rings. The molecule has 1 aliphatic heterocycles. The fourth-order valence-electron chi connectivity index (χ4n) is 3.22. The number of hydrogen-bond acceptors (Lipinski definition) is 4. The van der Waals surface area contributed by atoms with Crippen LogP contribution in [0.4, 0.5) is 0 Å². The SMILES string of the molecule is NCc1cccc(C(=O)NC[C@H](O)CN2CCc3ccccc3C2)c1. The van der Waals surface area contributed by atoms with E-state index in [4.69, 9.17) is 5.73 Å². The third kappa shape index (κ3) is 4.66. The summed E-state index contributed by atoms with van der Waals surface area (Å²) in [6.45, 7) is 2.97. The Morgan fingerprint density at radius 3 is 2.80 bits per heavy atom. The van der Waals surface area contributed by atoms with Gasteiger partial charge in [0.15, 0.2) is 0 Å². The van der Waals surface area contributed by atoms with Gasteiger partial charge in [0.25, 0.3) is 5.91 Å². The normalized spacial score (nSPS) is 15.4. The number of amides is 1. The van der Waals surface area contributed by atoms with E-state index in [1.807, 2.05) is 12.1 Å². The number of carbonyl (C=O) groups excluding carboxylic acids is 1. The molecule has 0 spiro atoms. The smallest absolute Gasteiger partial charge is 0.251 e. The fourth-order valence-corrected chi connectivity index (χ4v) is 3.22. The largest absolute Gasteiger partial charge is 0.390 e. The van der Waals surface area contributed by atoms with Crippen molar-refractivity contribution in [1.29, 1.82) is 0 Å². The van der Waals surface area contributed by atoms with Crippen molar-refractivity contribution in [3.05, 3.63) is 70.8 Å². The number of nitrogens with zero attached hydrogens (tertiary/aromatic N) is 1. The molecule has 25 heavy (non-hydrogen) atoms. The van der Waals surface area contributed by atoms with Crippen molar-refractivity contribution in [3.63, 3.8) is 0 Å². The highest BCUT2D eigenvalue weighted by atomic mass is 16.3. The Morgan fingerprint density at radius 2 is 2.00 bits per heavy atom. The molecular formula is C20H25N3O2. The van der Waals surface area contributed by atoms with Gasteiger partial charge in [0.05, 0.1) is 6.10 Å². The zero-order valence-electron chi connectivity index (χ0n) is 14.3. The van der Waals surface area contributed by atoms with Gasteiger partial charge in [-0.3, -0.25) is 9.69 Å². The summed E-state index contributed by atoms with van der Waals surface area (Å²) in [6, 6.07) is 15.7. The minimum Gasteiger partial charge on any atom is -0.390 e. The second kappa shape index (κ2) is 8.25. The summed E-state index contributed by atoms with van der Waals surface area (Å²) in [5, 5.41) is 13.1. The third-order valence-corrected chi connectivity index (χ3v) is 4.60. The van der Waals surface area contributed by atoms with Crippen molar-refractivity contribution in [1.82, 2.24) is 10.2 Å². The van der Waals surface area contributed by atoms with Crippen LogP contribution in [0.1, 0.15) is 27.0 Å². The van der Waals surface area contributed by atoms with Gasteiger partial charge in [-0.25, -0.2) is 0 Å². The van der Waals surface area contributed by atoms with E-state index < -0.39 is 6.10 Å². The van der Waals surface area contributed by atoms with Gasteiger partial charge in [-0.2, -0.15) is 0 Å². The number of aliphatic hydroxyl groups is 1. The Kier molecular flexibility index (Phi) is 5.81. The molecule has 0 bridgehead atoms. The molecule has 0 aromatic heterocycles. The molecule has 0 saturated carbocycles. The average Bonchev–Trinajstić information content (AvgIpc) is 2.66. The molecule has 0 unspecified atom stereocenters. The van der Waals surface area contributed by atoms with Gasteiger partial charge in [-0.05, 0) is 35.2 Å². The maximum absolute atomic E-state index is 12.2. The van der Waals surface area contributed by atoms with Crippen LogP contribution in [0, 0.1) is 0 Å². The maximum atomic E-state index is 12.2. The monoisotopic (exact) mass is 339 g/mol. The van der Waals surface area contributed by atoms with Crippen molar-refractivity contribution >= 4 is 5.91 Å². The Bertz CT molecular complexity index is 732. The molecule has 5 heteroatoms. The first-order valence-electron chi connectivity index (χ1n) is 8.70. The van der Waals surface area contributed by atoms with Gasteiger partial charge in [-0.1, -0.05) is 36.4 Å². The molecule has 132 valence electrons. The zero-order valence-corrected chi connectivity index (χ0v) is 14.3. The lowest BCUT2D eigenvalue weighted by molar-refractivity contribution is 0.0842. The molecule has 2 aromatic rings. The molecule has 1 amide bonds. The van der Waals surface area contributed by atoms with Crippen LogP contribution in [0.15, 0.2) is 48.5 Å². The Hall–Kier alpha value is -2.21. The van der Waals surface area contributed by atoms with E-state index in [0.717, 1.165) is 25.1 Å². The van der Waals surface area contributed by atoms with Crippen molar-refractivity contribution in [2.24, 2.45) is 5.73 Å². The highest BCUT2D eigenvalue weighted by Crippen LogP contribution is 2.18. The molecule has 0 saturated heterocycles. The second-order valence-electron chi connectivity index (χ2n) is 6.52. The first-order valence-corrected chi connectivity index (χ1v) is 8.70. The number of benzene rings is 2. The van der Waals surface area contributed by atoms with E-state index in [1.54, 1.807) is 12.1 Å². The highest BCUT2D eigenvalue weighted by molar-refractivity contribution is 5.94. The van der Waals surface area contributed by atoms with Gasteiger partial charge in [-0.15, -0.1) is 0 Å². The van der Waals surface area contributed by atoms with E-state index in [9.17, 15) is 9.90 Å². The first-order chi connectivity index (χ1) is 12.2. The molecule has 1 atom stereocenters. The lowest BCUT2D eigenvalue weighted by atomic mass is 10.00.